The molecule has 0 radical (unpaired) electrons. The van der Waals surface area contributed by atoms with E-state index < -0.39 is 5.97 Å². The lowest BCUT2D eigenvalue weighted by Gasteiger charge is -2.20. The smallest absolute Gasteiger partial charge is 0.341 e. The summed E-state index contributed by atoms with van der Waals surface area (Å²) in [6, 6.07) is 4.63. The summed E-state index contributed by atoms with van der Waals surface area (Å²) in [7, 11) is 1.29. The van der Waals surface area contributed by atoms with Gasteiger partial charge < -0.3 is 14.4 Å². The van der Waals surface area contributed by atoms with Crippen molar-refractivity contribution in [1.82, 2.24) is 4.90 Å². The summed E-state index contributed by atoms with van der Waals surface area (Å²) in [5.41, 5.74) is 0.260. The highest BCUT2D eigenvalue weighted by molar-refractivity contribution is 6.30. The highest BCUT2D eigenvalue weighted by atomic mass is 35.5. The summed E-state index contributed by atoms with van der Waals surface area (Å²) in [5.74, 6) is -0.325. The summed E-state index contributed by atoms with van der Waals surface area (Å²) in [5, 5.41) is 0.435. The second-order valence-corrected chi connectivity index (χ2v) is 5.65. The molecule has 1 fully saturated rings. The fourth-order valence-corrected chi connectivity index (χ4v) is 2.61. The SMILES string of the molecule is COC(=O)c1ccc(Cl)cc1OCC(=O)N1CCCCCC1. The number of nitrogens with zero attached hydrogens (tertiary/aromatic N) is 1. The molecule has 0 aromatic heterocycles. The normalized spacial score (nSPS) is 15.1. The third-order valence-corrected chi connectivity index (χ3v) is 3.89. The number of benzene rings is 1. The van der Waals surface area contributed by atoms with Crippen molar-refractivity contribution in [2.24, 2.45) is 0 Å². The molecule has 0 atom stereocenters. The highest BCUT2D eigenvalue weighted by Gasteiger charge is 2.18. The van der Waals surface area contributed by atoms with Gasteiger partial charge in [0.05, 0.1) is 7.11 Å². The zero-order chi connectivity index (χ0) is 15.9. The molecule has 5 nitrogen and oxygen atoms in total. The van der Waals surface area contributed by atoms with Gasteiger partial charge in [0.25, 0.3) is 5.91 Å². The Morgan fingerprint density at radius 3 is 2.50 bits per heavy atom. The van der Waals surface area contributed by atoms with Gasteiger partial charge in [-0.2, -0.15) is 0 Å². The Labute approximate surface area is 135 Å². The Bertz CT molecular complexity index is 539. The molecule has 0 spiro atoms. The van der Waals surface area contributed by atoms with Gasteiger partial charge in [0, 0.05) is 18.1 Å². The maximum absolute atomic E-state index is 12.2. The van der Waals surface area contributed by atoms with Gasteiger partial charge in [-0.05, 0) is 31.0 Å². The molecule has 1 aliphatic rings. The van der Waals surface area contributed by atoms with E-state index in [9.17, 15) is 9.59 Å². The van der Waals surface area contributed by atoms with Crippen LogP contribution < -0.4 is 4.74 Å². The number of halogens is 1. The first-order valence-corrected chi connectivity index (χ1v) is 7.78. The van der Waals surface area contributed by atoms with E-state index in [4.69, 9.17) is 21.1 Å². The number of esters is 1. The van der Waals surface area contributed by atoms with Crippen LogP contribution in [0.3, 0.4) is 0 Å². The van der Waals surface area contributed by atoms with Crippen LogP contribution in [0.15, 0.2) is 18.2 Å². The van der Waals surface area contributed by atoms with Crippen LogP contribution in [0.1, 0.15) is 36.0 Å². The molecule has 1 aromatic rings. The standard InChI is InChI=1S/C16H20ClNO4/c1-21-16(20)13-7-6-12(17)10-14(13)22-11-15(19)18-8-4-2-3-5-9-18/h6-7,10H,2-5,8-9,11H2,1H3. The molecule has 1 aromatic carbocycles. The third-order valence-electron chi connectivity index (χ3n) is 3.66. The van der Waals surface area contributed by atoms with Crippen LogP contribution in [0, 0.1) is 0 Å². The van der Waals surface area contributed by atoms with Crippen LogP contribution in [-0.2, 0) is 9.53 Å². The van der Waals surface area contributed by atoms with Gasteiger partial charge in [-0.3, -0.25) is 4.79 Å². The molecule has 6 heteroatoms. The molecule has 0 unspecified atom stereocenters. The van der Waals surface area contributed by atoms with Crippen LogP contribution in [0.5, 0.6) is 5.75 Å². The van der Waals surface area contributed by atoms with Crippen molar-refractivity contribution in [2.45, 2.75) is 25.7 Å². The molecule has 1 heterocycles. The maximum Gasteiger partial charge on any atom is 0.341 e. The molecular formula is C16H20ClNO4. The van der Waals surface area contributed by atoms with Crippen molar-refractivity contribution in [2.75, 3.05) is 26.8 Å². The largest absolute Gasteiger partial charge is 0.483 e. The zero-order valence-electron chi connectivity index (χ0n) is 12.6. The van der Waals surface area contributed by atoms with Gasteiger partial charge in [0.1, 0.15) is 11.3 Å². The van der Waals surface area contributed by atoms with Crippen molar-refractivity contribution in [3.63, 3.8) is 0 Å². The minimum Gasteiger partial charge on any atom is -0.483 e. The Morgan fingerprint density at radius 1 is 1.18 bits per heavy atom. The Balaban J connectivity index is 2.02. The molecule has 1 aliphatic heterocycles. The fraction of sp³-hybridized carbons (Fsp3) is 0.500. The molecule has 0 N–H and O–H groups in total. The van der Waals surface area contributed by atoms with E-state index in [0.29, 0.717) is 5.02 Å². The van der Waals surface area contributed by atoms with Crippen LogP contribution in [0.25, 0.3) is 0 Å². The van der Waals surface area contributed by atoms with Crippen molar-refractivity contribution in [3.05, 3.63) is 28.8 Å². The second kappa shape index (κ2) is 8.03. The quantitative estimate of drug-likeness (QED) is 0.799. The van der Waals surface area contributed by atoms with E-state index in [0.717, 1.165) is 38.8 Å². The summed E-state index contributed by atoms with van der Waals surface area (Å²) in [4.78, 5) is 25.7. The number of methoxy groups -OCH3 is 1. The molecule has 1 amide bonds. The van der Waals surface area contributed by atoms with Gasteiger partial charge in [-0.15, -0.1) is 0 Å². The van der Waals surface area contributed by atoms with Gasteiger partial charge in [0.15, 0.2) is 6.61 Å². The van der Waals surface area contributed by atoms with Crippen molar-refractivity contribution < 1.29 is 19.1 Å². The summed E-state index contributed by atoms with van der Waals surface area (Å²) >= 11 is 5.92. The average molecular weight is 326 g/mol. The Kier molecular flexibility index (Phi) is 6.07. The van der Waals surface area contributed by atoms with Gasteiger partial charge >= 0.3 is 5.97 Å². The molecule has 120 valence electrons. The van der Waals surface area contributed by atoms with E-state index in [1.807, 2.05) is 4.90 Å². The first-order chi connectivity index (χ1) is 10.6. The Hall–Kier alpha value is -1.75. The van der Waals surface area contributed by atoms with Crippen molar-refractivity contribution in [1.29, 1.82) is 0 Å². The highest BCUT2D eigenvalue weighted by Crippen LogP contribution is 2.24. The third kappa shape index (κ3) is 4.37. The lowest BCUT2D eigenvalue weighted by atomic mass is 10.2. The van der Waals surface area contributed by atoms with Crippen LogP contribution in [-0.4, -0.2) is 43.6 Å². The maximum atomic E-state index is 12.2. The number of carbonyl (C=O) groups is 2. The van der Waals surface area contributed by atoms with E-state index in [1.165, 1.54) is 19.2 Å². The number of rotatable bonds is 4. The molecule has 1 saturated heterocycles. The predicted molar refractivity (Wildman–Crippen MR) is 83.3 cm³/mol. The van der Waals surface area contributed by atoms with Crippen molar-refractivity contribution in [3.8, 4) is 5.75 Å². The van der Waals surface area contributed by atoms with Gasteiger partial charge in [-0.25, -0.2) is 4.79 Å². The van der Waals surface area contributed by atoms with Gasteiger partial charge in [-0.1, -0.05) is 24.4 Å². The fourth-order valence-electron chi connectivity index (χ4n) is 2.45. The number of likely N-dealkylation sites (tertiary alicyclic amines) is 1. The van der Waals surface area contributed by atoms with Crippen LogP contribution in [0.4, 0.5) is 0 Å². The first kappa shape index (κ1) is 16.6. The lowest BCUT2D eigenvalue weighted by molar-refractivity contribution is -0.133. The molecular weight excluding hydrogens is 306 g/mol. The number of hydrogen-bond acceptors (Lipinski definition) is 4. The monoisotopic (exact) mass is 325 g/mol. The number of amides is 1. The minimum atomic E-state index is -0.520. The topological polar surface area (TPSA) is 55.8 Å². The second-order valence-electron chi connectivity index (χ2n) is 5.22. The average Bonchev–Trinajstić information content (AvgIpc) is 2.81. The van der Waals surface area contributed by atoms with Crippen LogP contribution in [0.2, 0.25) is 5.02 Å². The van der Waals surface area contributed by atoms with E-state index in [-0.39, 0.29) is 23.8 Å². The molecule has 22 heavy (non-hydrogen) atoms. The number of carbonyl (C=O) groups excluding carboxylic acids is 2. The lowest BCUT2D eigenvalue weighted by Crippen LogP contribution is -2.35. The zero-order valence-corrected chi connectivity index (χ0v) is 13.4. The molecule has 0 saturated carbocycles. The Morgan fingerprint density at radius 2 is 1.86 bits per heavy atom. The minimum absolute atomic E-state index is 0.0716. The van der Waals surface area contributed by atoms with Gasteiger partial charge in [0.2, 0.25) is 0 Å². The van der Waals surface area contributed by atoms with E-state index in [2.05, 4.69) is 0 Å². The van der Waals surface area contributed by atoms with Crippen LogP contribution >= 0.6 is 11.6 Å². The number of ether oxygens (including phenoxy) is 2. The molecule has 0 bridgehead atoms. The van der Waals surface area contributed by atoms with Crippen molar-refractivity contribution >= 4 is 23.5 Å². The molecule has 0 aliphatic carbocycles. The first-order valence-electron chi connectivity index (χ1n) is 7.40. The predicted octanol–water partition coefficient (Wildman–Crippen LogP) is 2.91. The molecule has 2 rings (SSSR count). The van der Waals surface area contributed by atoms with E-state index >= 15 is 0 Å². The number of hydrogen-bond donors (Lipinski definition) is 0. The summed E-state index contributed by atoms with van der Waals surface area (Å²) < 4.78 is 10.2. The summed E-state index contributed by atoms with van der Waals surface area (Å²) in [6.45, 7) is 1.42. The van der Waals surface area contributed by atoms with E-state index in [1.54, 1.807) is 6.07 Å². The summed E-state index contributed by atoms with van der Waals surface area (Å²) in [6.07, 6.45) is 4.36.